The molecule has 0 bridgehead atoms. The predicted octanol–water partition coefficient (Wildman–Crippen LogP) is 6.79. The van der Waals surface area contributed by atoms with Crippen molar-refractivity contribution >= 4 is 66.1 Å². The van der Waals surface area contributed by atoms with Crippen LogP contribution in [0.15, 0.2) is 134 Å². The van der Waals surface area contributed by atoms with Crippen molar-refractivity contribution in [1.29, 1.82) is 0 Å². The summed E-state index contributed by atoms with van der Waals surface area (Å²) in [5.74, 6) is 0.498. The summed E-state index contributed by atoms with van der Waals surface area (Å²) in [4.78, 5) is 13.5. The fourth-order valence-electron chi connectivity index (χ4n) is 8.11. The third-order valence-electron chi connectivity index (χ3n) is 10.6. The van der Waals surface area contributed by atoms with Crippen molar-refractivity contribution in [3.63, 3.8) is 0 Å². The Hall–Kier alpha value is -4.07. The molecule has 1 aliphatic heterocycles. The number of hydrogen-bond donors (Lipinski definition) is 1. The molecule has 52 heavy (non-hydrogen) atoms. The quantitative estimate of drug-likeness (QED) is 0.146. The van der Waals surface area contributed by atoms with E-state index in [1.54, 1.807) is 0 Å². The molecule has 10 heteroatoms. The summed E-state index contributed by atoms with van der Waals surface area (Å²) < 4.78 is 17.3. The van der Waals surface area contributed by atoms with Crippen LogP contribution < -0.4 is 26.5 Å². The van der Waals surface area contributed by atoms with Gasteiger partial charge in [-0.2, -0.15) is 0 Å². The first-order valence-corrected chi connectivity index (χ1v) is 22.8. The number of hydrogen-bond acceptors (Lipinski definition) is 7. The summed E-state index contributed by atoms with van der Waals surface area (Å²) in [6.45, 7) is 15.1. The minimum Gasteiger partial charge on any atom is -0.407 e. The Labute approximate surface area is 314 Å². The maximum Gasteiger partial charge on any atom is 0.261 e. The minimum absolute atomic E-state index is 0.0327. The van der Waals surface area contributed by atoms with Crippen LogP contribution >= 0.6 is 11.8 Å². The Morgan fingerprint density at radius 3 is 1.46 bits per heavy atom. The van der Waals surface area contributed by atoms with E-state index in [9.17, 15) is 0 Å². The van der Waals surface area contributed by atoms with Gasteiger partial charge in [0.15, 0.2) is 11.5 Å². The standard InChI is InChI=1S/C42H49N5O2SSi2/c1-41(2,3)51(31-19-11-7-12-20-31,32-21-13-8-14-22-32)48-27-35-36(50-40(35)47-30-46-37-38(43)44-29-45-39(37)47)28-49-52(42(4,5)6,33-23-15-9-16-24-33)34-25-17-10-18-26-34/h7-26,29-30,35-36,40H,27-28H2,1-6H3,(H2,43,44,45)/t35-,36-,40?/m0/s1. The maximum atomic E-state index is 7.62. The number of imidazole rings is 1. The van der Waals surface area contributed by atoms with Crippen molar-refractivity contribution in [3.8, 4) is 0 Å². The summed E-state index contributed by atoms with van der Waals surface area (Å²) in [5, 5.41) is 5.03. The molecular formula is C42H49N5O2SSi2. The molecule has 3 atom stereocenters. The van der Waals surface area contributed by atoms with E-state index < -0.39 is 16.6 Å². The van der Waals surface area contributed by atoms with E-state index in [0.717, 1.165) is 5.65 Å². The molecule has 7 rings (SSSR count). The summed E-state index contributed by atoms with van der Waals surface area (Å²) in [7, 11) is -5.57. The largest absolute Gasteiger partial charge is 0.407 e. The molecule has 1 saturated heterocycles. The summed E-state index contributed by atoms with van der Waals surface area (Å²) >= 11 is 1.91. The number of aromatic nitrogens is 4. The number of rotatable bonds is 11. The van der Waals surface area contributed by atoms with E-state index in [4.69, 9.17) is 14.6 Å². The molecule has 268 valence electrons. The van der Waals surface area contributed by atoms with E-state index >= 15 is 0 Å². The van der Waals surface area contributed by atoms with Crippen molar-refractivity contribution in [2.45, 2.75) is 62.2 Å². The number of benzene rings is 4. The fraction of sp³-hybridized carbons (Fsp3) is 0.310. The second-order valence-electron chi connectivity index (χ2n) is 15.8. The van der Waals surface area contributed by atoms with Gasteiger partial charge in [0.05, 0.1) is 11.7 Å². The first-order chi connectivity index (χ1) is 25.0. The minimum atomic E-state index is -2.81. The summed E-state index contributed by atoms with van der Waals surface area (Å²) in [6.07, 6.45) is 3.39. The van der Waals surface area contributed by atoms with Crippen molar-refractivity contribution in [1.82, 2.24) is 19.5 Å². The zero-order valence-corrected chi connectivity index (χ0v) is 33.8. The molecule has 0 saturated carbocycles. The van der Waals surface area contributed by atoms with Crippen molar-refractivity contribution in [2.24, 2.45) is 5.92 Å². The van der Waals surface area contributed by atoms with E-state index in [0.29, 0.717) is 24.5 Å². The lowest BCUT2D eigenvalue weighted by molar-refractivity contribution is 0.168. The van der Waals surface area contributed by atoms with Crippen LogP contribution in [0.5, 0.6) is 0 Å². The monoisotopic (exact) mass is 743 g/mol. The highest BCUT2D eigenvalue weighted by Gasteiger charge is 2.55. The van der Waals surface area contributed by atoms with E-state index in [1.807, 2.05) is 18.1 Å². The zero-order chi connectivity index (χ0) is 36.6. The molecule has 1 aliphatic rings. The van der Waals surface area contributed by atoms with E-state index in [-0.39, 0.29) is 26.6 Å². The number of fused-ring (bicyclic) bond motifs is 1. The molecule has 3 heterocycles. The molecule has 0 amide bonds. The van der Waals surface area contributed by atoms with Crippen LogP contribution in [-0.4, -0.2) is 54.6 Å². The number of nitrogens with zero attached hydrogens (tertiary/aromatic N) is 4. The summed E-state index contributed by atoms with van der Waals surface area (Å²) in [5.41, 5.74) is 7.63. The van der Waals surface area contributed by atoms with Gasteiger partial charge in [0, 0.05) is 24.4 Å². The summed E-state index contributed by atoms with van der Waals surface area (Å²) in [6, 6.07) is 43.5. The molecule has 0 spiro atoms. The van der Waals surface area contributed by atoms with Gasteiger partial charge in [0.2, 0.25) is 0 Å². The second-order valence-corrected chi connectivity index (χ2v) is 25.7. The molecule has 1 fully saturated rings. The molecule has 6 aromatic rings. The highest BCUT2D eigenvalue weighted by atomic mass is 32.2. The average Bonchev–Trinajstić information content (AvgIpc) is 3.56. The first kappa shape index (κ1) is 36.3. The van der Waals surface area contributed by atoms with Crippen LogP contribution in [0.1, 0.15) is 46.9 Å². The van der Waals surface area contributed by atoms with Crippen molar-refractivity contribution < 1.29 is 8.85 Å². The highest BCUT2D eigenvalue weighted by Crippen LogP contribution is 2.53. The predicted molar refractivity (Wildman–Crippen MR) is 221 cm³/mol. The molecule has 1 unspecified atom stereocenters. The van der Waals surface area contributed by atoms with Crippen LogP contribution in [0.2, 0.25) is 10.1 Å². The number of nitrogens with two attached hydrogens (primary N) is 1. The number of thioether (sulfide) groups is 1. The lowest BCUT2D eigenvalue weighted by Crippen LogP contribution is -2.68. The van der Waals surface area contributed by atoms with Gasteiger partial charge in [-0.15, -0.1) is 11.8 Å². The number of anilines is 1. The highest BCUT2D eigenvalue weighted by molar-refractivity contribution is 8.01. The van der Waals surface area contributed by atoms with Crippen molar-refractivity contribution in [2.75, 3.05) is 18.9 Å². The average molecular weight is 744 g/mol. The van der Waals surface area contributed by atoms with Crippen LogP contribution in [0.25, 0.3) is 11.2 Å². The Morgan fingerprint density at radius 1 is 0.615 bits per heavy atom. The molecule has 2 N–H and O–H groups in total. The molecule has 7 nitrogen and oxygen atoms in total. The second kappa shape index (κ2) is 14.4. The maximum absolute atomic E-state index is 7.62. The Bertz CT molecular complexity index is 2010. The van der Waals surface area contributed by atoms with Gasteiger partial charge in [-0.25, -0.2) is 15.0 Å². The molecule has 4 aromatic carbocycles. The zero-order valence-electron chi connectivity index (χ0n) is 30.9. The van der Waals surface area contributed by atoms with Gasteiger partial charge >= 0.3 is 0 Å². The van der Waals surface area contributed by atoms with Crippen molar-refractivity contribution in [3.05, 3.63) is 134 Å². The van der Waals surface area contributed by atoms with E-state index in [2.05, 4.69) is 182 Å². The Balaban J connectivity index is 1.29. The molecule has 2 aromatic heterocycles. The first-order valence-electron chi connectivity index (χ1n) is 18.1. The lowest BCUT2D eigenvalue weighted by Gasteiger charge is -2.50. The normalized spacial score (nSPS) is 18.3. The van der Waals surface area contributed by atoms with Crippen LogP contribution in [0, 0.1) is 5.92 Å². The van der Waals surface area contributed by atoms with Gasteiger partial charge in [-0.1, -0.05) is 163 Å². The van der Waals surface area contributed by atoms with Gasteiger partial charge in [0.1, 0.15) is 11.8 Å². The smallest absolute Gasteiger partial charge is 0.261 e. The Kier molecular flexibility index (Phi) is 10.1. The van der Waals surface area contributed by atoms with Gasteiger partial charge in [-0.3, -0.25) is 0 Å². The number of nitrogen functional groups attached to an aromatic ring is 1. The molecule has 0 aliphatic carbocycles. The third-order valence-corrected chi connectivity index (χ3v) is 22.3. The fourth-order valence-corrected chi connectivity index (χ4v) is 18.8. The third kappa shape index (κ3) is 6.34. The van der Waals surface area contributed by atoms with Crippen LogP contribution in [0.3, 0.4) is 0 Å². The van der Waals surface area contributed by atoms with Crippen LogP contribution in [-0.2, 0) is 8.85 Å². The Morgan fingerprint density at radius 2 is 1.04 bits per heavy atom. The van der Waals surface area contributed by atoms with E-state index in [1.165, 1.54) is 27.1 Å². The SMILES string of the molecule is CC(C)(C)[Si](OC[C@@H]1SC(n2cnc3c(N)ncnc32)[C@H]1CO[Si](c1ccccc1)(c1ccccc1)C(C)(C)C)(c1ccccc1)c1ccccc1. The topological polar surface area (TPSA) is 88.1 Å². The van der Waals surface area contributed by atoms with Gasteiger partial charge in [0.25, 0.3) is 16.6 Å². The van der Waals surface area contributed by atoms with Gasteiger partial charge < -0.3 is 19.2 Å². The van der Waals surface area contributed by atoms with Gasteiger partial charge in [-0.05, 0) is 30.8 Å². The lowest BCUT2D eigenvalue weighted by atomic mass is 10.0. The molecular weight excluding hydrogens is 695 g/mol. The van der Waals surface area contributed by atoms with Crippen LogP contribution in [0.4, 0.5) is 5.82 Å². The molecule has 0 radical (unpaired) electrons.